The fourth-order valence-corrected chi connectivity index (χ4v) is 9.00. The zero-order chi connectivity index (χ0) is 29.6. The Kier molecular flexibility index (Phi) is 7.77. The summed E-state index contributed by atoms with van der Waals surface area (Å²) in [5.74, 6) is 1.09. The smallest absolute Gasteiger partial charge is 0.268 e. The van der Waals surface area contributed by atoms with Crippen molar-refractivity contribution in [3.8, 4) is 5.75 Å². The molecule has 10 heteroatoms. The molecule has 8 nitrogen and oxygen atoms in total. The van der Waals surface area contributed by atoms with Crippen LogP contribution in [0.25, 0.3) is 10.9 Å². The number of carbonyl (C=O) groups excluding carboxylic acids is 2. The quantitative estimate of drug-likeness (QED) is 0.249. The molecule has 2 atom stereocenters. The number of ether oxygens (including phenoxy) is 1. The lowest BCUT2D eigenvalue weighted by Crippen LogP contribution is -2.46. The highest BCUT2D eigenvalue weighted by molar-refractivity contribution is 7.90. The summed E-state index contributed by atoms with van der Waals surface area (Å²) >= 11 is 6.27. The first kappa shape index (κ1) is 29.1. The van der Waals surface area contributed by atoms with Crippen molar-refractivity contribution >= 4 is 44.3 Å². The van der Waals surface area contributed by atoms with Gasteiger partial charge in [-0.05, 0) is 111 Å². The number of aromatic nitrogens is 1. The number of rotatable bonds is 11. The number of para-hydroxylation sites is 1. The van der Waals surface area contributed by atoms with Crippen LogP contribution in [-0.4, -0.2) is 44.1 Å². The van der Waals surface area contributed by atoms with Crippen LogP contribution in [0.2, 0.25) is 5.02 Å². The van der Waals surface area contributed by atoms with Gasteiger partial charge in [0.1, 0.15) is 11.4 Å². The van der Waals surface area contributed by atoms with Crippen molar-refractivity contribution < 1.29 is 22.7 Å². The van der Waals surface area contributed by atoms with E-state index in [1.165, 1.54) is 6.42 Å². The average molecular weight is 612 g/mol. The van der Waals surface area contributed by atoms with Crippen LogP contribution >= 0.6 is 11.6 Å². The lowest BCUT2D eigenvalue weighted by atomic mass is 9.75. The van der Waals surface area contributed by atoms with Crippen molar-refractivity contribution in [2.45, 2.75) is 58.8 Å². The van der Waals surface area contributed by atoms with Gasteiger partial charge < -0.3 is 15.0 Å². The van der Waals surface area contributed by atoms with Crippen LogP contribution in [0.3, 0.4) is 0 Å². The number of nitrogens with one attached hydrogen (secondary N) is 3. The SMILES string of the molecule is Cc1cc(OCCCc2c(C(=O)NCCS(=O)(=O)NC(=O)C34CC5CC(CC3C5)C4)[nH]c3ccccc23)cc(C)c1Cl. The second kappa shape index (κ2) is 11.2. The first-order chi connectivity index (χ1) is 20.0. The zero-order valence-electron chi connectivity index (χ0n) is 24.1. The van der Waals surface area contributed by atoms with Gasteiger partial charge in [-0.3, -0.25) is 14.3 Å². The summed E-state index contributed by atoms with van der Waals surface area (Å²) in [5, 5.41) is 4.43. The number of benzene rings is 2. The maximum Gasteiger partial charge on any atom is 0.268 e. The summed E-state index contributed by atoms with van der Waals surface area (Å²) in [6.07, 6.45) is 6.14. The van der Waals surface area contributed by atoms with E-state index in [4.69, 9.17) is 16.3 Å². The third-order valence-electron chi connectivity index (χ3n) is 9.64. The molecule has 4 bridgehead atoms. The predicted molar refractivity (Wildman–Crippen MR) is 163 cm³/mol. The fraction of sp³-hybridized carbons (Fsp3) is 0.500. The van der Waals surface area contributed by atoms with Gasteiger partial charge in [0, 0.05) is 22.5 Å². The van der Waals surface area contributed by atoms with Gasteiger partial charge in [0.15, 0.2) is 0 Å². The lowest BCUT2D eigenvalue weighted by Gasteiger charge is -2.31. The molecule has 4 saturated carbocycles. The molecule has 1 heterocycles. The average Bonchev–Trinajstić information content (AvgIpc) is 3.52. The minimum Gasteiger partial charge on any atom is -0.494 e. The van der Waals surface area contributed by atoms with E-state index in [1.807, 2.05) is 50.2 Å². The molecule has 3 aromatic rings. The van der Waals surface area contributed by atoms with E-state index in [0.717, 1.165) is 64.0 Å². The topological polar surface area (TPSA) is 117 Å². The number of hydrogen-bond acceptors (Lipinski definition) is 5. The van der Waals surface area contributed by atoms with E-state index in [-0.39, 0.29) is 24.1 Å². The number of carbonyl (C=O) groups is 2. The monoisotopic (exact) mass is 611 g/mol. The van der Waals surface area contributed by atoms with Crippen LogP contribution in [-0.2, 0) is 21.2 Å². The van der Waals surface area contributed by atoms with Gasteiger partial charge in [-0.2, -0.15) is 0 Å². The summed E-state index contributed by atoms with van der Waals surface area (Å²) in [5.41, 5.74) is 3.51. The summed E-state index contributed by atoms with van der Waals surface area (Å²) < 4.78 is 34.0. The van der Waals surface area contributed by atoms with E-state index in [2.05, 4.69) is 15.0 Å². The molecule has 0 radical (unpaired) electrons. The Hall–Kier alpha value is -3.04. The molecule has 4 aliphatic carbocycles. The molecule has 2 unspecified atom stereocenters. The summed E-state index contributed by atoms with van der Waals surface area (Å²) in [6.45, 7) is 4.25. The summed E-state index contributed by atoms with van der Waals surface area (Å²) in [4.78, 5) is 29.6. The van der Waals surface area contributed by atoms with E-state index in [1.54, 1.807) is 0 Å². The molecular weight excluding hydrogens is 574 g/mol. The van der Waals surface area contributed by atoms with Gasteiger partial charge in [0.05, 0.1) is 17.8 Å². The minimum absolute atomic E-state index is 0.101. The molecule has 0 saturated heterocycles. The van der Waals surface area contributed by atoms with Crippen molar-refractivity contribution in [1.82, 2.24) is 15.0 Å². The van der Waals surface area contributed by atoms with Crippen LogP contribution in [0.1, 0.15) is 65.7 Å². The van der Waals surface area contributed by atoms with E-state index in [9.17, 15) is 18.0 Å². The number of aryl methyl sites for hydroxylation is 3. The Labute approximate surface area is 252 Å². The molecule has 1 aromatic heterocycles. The second-order valence-corrected chi connectivity index (χ2v) is 14.8. The van der Waals surface area contributed by atoms with Crippen molar-refractivity contribution in [2.24, 2.45) is 23.2 Å². The standard InChI is InChI=1S/C32H38ClN3O5S/c1-19-12-24(13-20(2)28(19)33)41-10-5-7-26-25-6-3-4-8-27(25)35-29(26)30(37)34-9-11-42(39,40)36-31(38)32-17-21-14-22(18-32)16-23(32)15-21/h3-4,6,8,12-13,21-23,35H,5,7,9-11,14-18H2,1-2H3,(H,34,37)(H,36,38). The number of amides is 2. The highest BCUT2D eigenvalue weighted by Crippen LogP contribution is 2.65. The van der Waals surface area contributed by atoms with Gasteiger partial charge in [0.2, 0.25) is 15.9 Å². The van der Waals surface area contributed by atoms with Crippen LogP contribution in [0, 0.1) is 37.0 Å². The summed E-state index contributed by atoms with van der Waals surface area (Å²) in [6, 6.07) is 11.5. The van der Waals surface area contributed by atoms with Crippen molar-refractivity contribution in [3.63, 3.8) is 0 Å². The van der Waals surface area contributed by atoms with Crippen molar-refractivity contribution in [1.29, 1.82) is 0 Å². The number of fused-ring (bicyclic) bond motifs is 1. The molecular formula is C32H38ClN3O5S. The third kappa shape index (κ3) is 5.53. The van der Waals surface area contributed by atoms with Crippen LogP contribution in [0.15, 0.2) is 36.4 Å². The van der Waals surface area contributed by atoms with Crippen LogP contribution in [0.5, 0.6) is 5.75 Å². The van der Waals surface area contributed by atoms with Gasteiger partial charge in [-0.25, -0.2) is 8.42 Å². The predicted octanol–water partition coefficient (Wildman–Crippen LogP) is 5.45. The first-order valence-electron chi connectivity index (χ1n) is 14.9. The minimum atomic E-state index is -3.88. The molecule has 7 rings (SSSR count). The van der Waals surface area contributed by atoms with E-state index in [0.29, 0.717) is 42.9 Å². The molecule has 42 heavy (non-hydrogen) atoms. The molecule has 2 aromatic carbocycles. The molecule has 3 N–H and O–H groups in total. The van der Waals surface area contributed by atoms with Gasteiger partial charge >= 0.3 is 0 Å². The van der Waals surface area contributed by atoms with E-state index >= 15 is 0 Å². The molecule has 0 aliphatic heterocycles. The van der Waals surface area contributed by atoms with E-state index < -0.39 is 15.4 Å². The van der Waals surface area contributed by atoms with Gasteiger partial charge in [-0.1, -0.05) is 29.8 Å². The number of hydrogen-bond donors (Lipinski definition) is 3. The van der Waals surface area contributed by atoms with Crippen molar-refractivity contribution in [3.05, 3.63) is 63.8 Å². The maximum atomic E-state index is 13.2. The molecule has 4 aliphatic rings. The maximum absolute atomic E-state index is 13.2. The molecule has 2 amide bonds. The highest BCUT2D eigenvalue weighted by atomic mass is 35.5. The fourth-order valence-electron chi connectivity index (χ4n) is 7.93. The zero-order valence-corrected chi connectivity index (χ0v) is 25.7. The Morgan fingerprint density at radius 3 is 2.48 bits per heavy atom. The molecule has 224 valence electrons. The van der Waals surface area contributed by atoms with Crippen LogP contribution in [0.4, 0.5) is 0 Å². The lowest BCUT2D eigenvalue weighted by molar-refractivity contribution is -0.130. The molecule has 0 spiro atoms. The van der Waals surface area contributed by atoms with Gasteiger partial charge in [-0.15, -0.1) is 0 Å². The Balaban J connectivity index is 1.05. The number of H-pyrrole nitrogens is 1. The largest absolute Gasteiger partial charge is 0.494 e. The number of halogens is 1. The Bertz CT molecular complexity index is 1610. The second-order valence-electron chi connectivity index (χ2n) is 12.6. The highest BCUT2D eigenvalue weighted by Gasteiger charge is 2.61. The molecule has 4 fully saturated rings. The number of sulfonamides is 1. The van der Waals surface area contributed by atoms with Crippen molar-refractivity contribution in [2.75, 3.05) is 18.9 Å². The third-order valence-corrected chi connectivity index (χ3v) is 11.5. The Morgan fingerprint density at radius 2 is 1.76 bits per heavy atom. The first-order valence-corrected chi connectivity index (χ1v) is 16.9. The van der Waals surface area contributed by atoms with Crippen LogP contribution < -0.4 is 14.8 Å². The number of aromatic amines is 1. The normalized spacial score (nSPS) is 24.3. The Morgan fingerprint density at radius 1 is 1.07 bits per heavy atom. The summed E-state index contributed by atoms with van der Waals surface area (Å²) in [7, 11) is -3.88. The van der Waals surface area contributed by atoms with Gasteiger partial charge in [0.25, 0.3) is 5.91 Å².